The molecule has 0 atom stereocenters. The third-order valence-electron chi connectivity index (χ3n) is 1.64. The van der Waals surface area contributed by atoms with Crippen LogP contribution in [0, 0.1) is 0 Å². The molecule has 0 aliphatic rings. The van der Waals surface area contributed by atoms with Crippen molar-refractivity contribution in [2.45, 2.75) is 51.7 Å². The van der Waals surface area contributed by atoms with Crippen LogP contribution < -0.4 is 0 Å². The van der Waals surface area contributed by atoms with Crippen LogP contribution in [0.4, 0.5) is 0 Å². The Morgan fingerprint density at radius 1 is 1.10 bits per heavy atom. The molecule has 2 heteroatoms. The summed E-state index contributed by atoms with van der Waals surface area (Å²) in [5.41, 5.74) is 0. The van der Waals surface area contributed by atoms with Crippen LogP contribution in [0.3, 0.4) is 0 Å². The zero-order valence-corrected chi connectivity index (χ0v) is 9.38. The highest BCUT2D eigenvalue weighted by atomic mass is 32.3. The van der Waals surface area contributed by atoms with Crippen LogP contribution in [-0.2, 0) is 0 Å². The molecule has 0 spiro atoms. The van der Waals surface area contributed by atoms with Crippen LogP contribution >= 0.6 is 12.1 Å². The predicted octanol–water partition coefficient (Wildman–Crippen LogP) is 3.70. The first-order chi connectivity index (χ1) is 4.56. The van der Waals surface area contributed by atoms with Gasteiger partial charge in [-0.15, -0.1) is 0 Å². The summed E-state index contributed by atoms with van der Waals surface area (Å²) in [4.78, 5) is 0. The summed E-state index contributed by atoms with van der Waals surface area (Å²) < 4.78 is 0. The lowest BCUT2D eigenvalue weighted by atomic mass is 10.2. The zero-order chi connectivity index (χ0) is 8.04. The van der Waals surface area contributed by atoms with Crippen LogP contribution in [0.1, 0.15) is 32.6 Å². The van der Waals surface area contributed by atoms with E-state index in [-0.39, 0.29) is 0 Å². The smallest absolute Gasteiger partial charge is 0.107 e. The first-order valence-electron chi connectivity index (χ1n) is 4.28. The fourth-order valence-electron chi connectivity index (χ4n) is 0.984. The maximum absolute atomic E-state index is 4.60. The lowest BCUT2D eigenvalue weighted by molar-refractivity contribution is 0.698. The number of unbranched alkanes of at least 4 members (excludes halogenated alkanes) is 3. The molecule has 0 saturated carbocycles. The summed E-state index contributed by atoms with van der Waals surface area (Å²) in [5.74, 6) is 0. The monoisotopic (exact) mass is 176 g/mol. The molecule has 0 aromatic carbocycles. The molecule has 0 bridgehead atoms. The lowest BCUT2D eigenvalue weighted by Gasteiger charge is -2.13. The predicted molar refractivity (Wildman–Crippen MR) is 55.4 cm³/mol. The molecule has 0 aliphatic carbocycles. The molecule has 0 aliphatic heterocycles. The van der Waals surface area contributed by atoms with Crippen molar-refractivity contribution in [2.24, 2.45) is 0 Å². The molecule has 0 radical (unpaired) electrons. The molecule has 0 rings (SSSR count). The molecule has 0 N–H and O–H groups in total. The third-order valence-corrected chi connectivity index (χ3v) is 3.89. The Labute approximate surface area is 71.5 Å². The Morgan fingerprint density at radius 3 is 2.10 bits per heavy atom. The van der Waals surface area contributed by atoms with Gasteiger partial charge in [0.05, 0.1) is 0 Å². The largest absolute Gasteiger partial charge is 0.202 e. The molecule has 0 amide bonds. The molecule has 0 aromatic heterocycles. The standard InChI is InChI=1S/C8H20SSi/c1-4-5-6-7-8-10(2,3)9/h9H,4-8H2,1-3H3. The van der Waals surface area contributed by atoms with Gasteiger partial charge in [-0.2, -0.15) is 0 Å². The van der Waals surface area contributed by atoms with E-state index in [0.29, 0.717) is 0 Å². The molecule has 0 heterocycles. The maximum Gasteiger partial charge on any atom is 0.107 e. The van der Waals surface area contributed by atoms with Crippen molar-refractivity contribution in [1.29, 1.82) is 0 Å². The van der Waals surface area contributed by atoms with Gasteiger partial charge in [0, 0.05) is 0 Å². The number of thiol groups is 1. The fourth-order valence-corrected chi connectivity index (χ4v) is 2.57. The van der Waals surface area contributed by atoms with Gasteiger partial charge in [0.25, 0.3) is 0 Å². The van der Waals surface area contributed by atoms with Crippen LogP contribution in [0.25, 0.3) is 0 Å². The third kappa shape index (κ3) is 8.57. The van der Waals surface area contributed by atoms with Crippen molar-refractivity contribution in [1.82, 2.24) is 0 Å². The van der Waals surface area contributed by atoms with Crippen molar-refractivity contribution < 1.29 is 0 Å². The highest BCUT2D eigenvalue weighted by Gasteiger charge is 2.12. The highest BCUT2D eigenvalue weighted by Crippen LogP contribution is 2.17. The van der Waals surface area contributed by atoms with E-state index in [1.54, 1.807) is 0 Å². The molecule has 0 saturated heterocycles. The van der Waals surface area contributed by atoms with Crippen molar-refractivity contribution in [3.63, 3.8) is 0 Å². The zero-order valence-electron chi connectivity index (χ0n) is 7.48. The van der Waals surface area contributed by atoms with Crippen LogP contribution in [0.5, 0.6) is 0 Å². The van der Waals surface area contributed by atoms with E-state index in [0.717, 1.165) is 0 Å². The lowest BCUT2D eigenvalue weighted by Crippen LogP contribution is -2.15. The SMILES string of the molecule is CCCCCC[Si](C)(C)S. The number of hydrogen-bond acceptors (Lipinski definition) is 1. The topological polar surface area (TPSA) is 0 Å². The average molecular weight is 176 g/mol. The molecule has 10 heavy (non-hydrogen) atoms. The van der Waals surface area contributed by atoms with Crippen LogP contribution in [-0.4, -0.2) is 7.22 Å². The second kappa shape index (κ2) is 5.25. The molecule has 0 aromatic rings. The van der Waals surface area contributed by atoms with Gasteiger partial charge in [0.1, 0.15) is 7.22 Å². The molecule has 0 fully saturated rings. The van der Waals surface area contributed by atoms with Crippen molar-refractivity contribution in [2.75, 3.05) is 0 Å². The summed E-state index contributed by atoms with van der Waals surface area (Å²) in [7, 11) is -1.01. The molecular weight excluding hydrogens is 156 g/mol. The van der Waals surface area contributed by atoms with E-state index in [1.165, 1.54) is 31.7 Å². The van der Waals surface area contributed by atoms with Gasteiger partial charge >= 0.3 is 0 Å². The van der Waals surface area contributed by atoms with Crippen molar-refractivity contribution in [3.05, 3.63) is 0 Å². The fraction of sp³-hybridized carbons (Fsp3) is 1.00. The van der Waals surface area contributed by atoms with Crippen molar-refractivity contribution in [3.8, 4) is 0 Å². The first-order valence-corrected chi connectivity index (χ1v) is 8.78. The first kappa shape index (κ1) is 10.6. The minimum Gasteiger partial charge on any atom is -0.202 e. The van der Waals surface area contributed by atoms with Gasteiger partial charge in [-0.1, -0.05) is 45.7 Å². The van der Waals surface area contributed by atoms with Crippen molar-refractivity contribution >= 4 is 19.3 Å². The summed E-state index contributed by atoms with van der Waals surface area (Å²) in [6, 6.07) is 1.39. The molecule has 0 nitrogen and oxygen atoms in total. The van der Waals surface area contributed by atoms with Gasteiger partial charge in [0.15, 0.2) is 0 Å². The van der Waals surface area contributed by atoms with Crippen LogP contribution in [0.15, 0.2) is 0 Å². The Kier molecular flexibility index (Phi) is 5.55. The van der Waals surface area contributed by atoms with Crippen LogP contribution in [0.2, 0.25) is 19.1 Å². The number of rotatable bonds is 5. The Morgan fingerprint density at radius 2 is 1.70 bits per heavy atom. The van der Waals surface area contributed by atoms with Gasteiger partial charge in [0.2, 0.25) is 0 Å². The molecule has 0 unspecified atom stereocenters. The van der Waals surface area contributed by atoms with E-state index in [9.17, 15) is 0 Å². The second-order valence-electron chi connectivity index (χ2n) is 3.62. The van der Waals surface area contributed by atoms with E-state index in [4.69, 9.17) is 0 Å². The van der Waals surface area contributed by atoms with Gasteiger partial charge in [-0.25, -0.2) is 12.1 Å². The Bertz CT molecular complexity index is 75.8. The minimum absolute atomic E-state index is 1.01. The second-order valence-corrected chi connectivity index (χ2v) is 11.4. The average Bonchev–Trinajstić information content (AvgIpc) is 1.78. The summed E-state index contributed by atoms with van der Waals surface area (Å²) in [5, 5.41) is 0. The summed E-state index contributed by atoms with van der Waals surface area (Å²) in [6.07, 6.45) is 5.55. The van der Waals surface area contributed by atoms with E-state index in [1.807, 2.05) is 0 Å². The van der Waals surface area contributed by atoms with E-state index < -0.39 is 7.22 Å². The quantitative estimate of drug-likeness (QED) is 0.368. The molecule has 62 valence electrons. The van der Waals surface area contributed by atoms with Gasteiger partial charge in [-0.3, -0.25) is 0 Å². The van der Waals surface area contributed by atoms with Gasteiger partial charge in [-0.05, 0) is 6.04 Å². The minimum atomic E-state index is -1.01. The normalized spacial score (nSPS) is 12.0. The molecular formula is C8H20SSi. The summed E-state index contributed by atoms with van der Waals surface area (Å²) in [6.45, 7) is 6.90. The summed E-state index contributed by atoms with van der Waals surface area (Å²) >= 11 is 4.60. The van der Waals surface area contributed by atoms with Gasteiger partial charge < -0.3 is 0 Å². The number of hydrogen-bond donors (Lipinski definition) is 1. The Hall–Kier alpha value is 0.567. The van der Waals surface area contributed by atoms with E-state index in [2.05, 4.69) is 32.1 Å². The van der Waals surface area contributed by atoms with E-state index >= 15 is 0 Å². The highest BCUT2D eigenvalue weighted by molar-refractivity contribution is 8.14. The maximum atomic E-state index is 4.60. The Balaban J connectivity index is 3.04.